The predicted octanol–water partition coefficient (Wildman–Crippen LogP) is 4.94. The van der Waals surface area contributed by atoms with Crippen LogP contribution in [0.15, 0.2) is 53.4 Å². The number of nitrogens with one attached hydrogen (secondary N) is 1. The molecule has 2 amide bonds. The van der Waals surface area contributed by atoms with Crippen LogP contribution in [0.2, 0.25) is 0 Å². The van der Waals surface area contributed by atoms with Crippen LogP contribution in [0, 0.1) is 0 Å². The lowest BCUT2D eigenvalue weighted by molar-refractivity contribution is -0.113. The Hall–Kier alpha value is -2.03. The third-order valence-electron chi connectivity index (χ3n) is 3.51. The van der Waals surface area contributed by atoms with Crippen molar-refractivity contribution >= 4 is 61.9 Å². The van der Waals surface area contributed by atoms with Crippen molar-refractivity contribution in [2.75, 3.05) is 25.2 Å². The van der Waals surface area contributed by atoms with Crippen LogP contribution in [0.3, 0.4) is 0 Å². The largest absolute Gasteiger partial charge is 0.339 e. The molecule has 0 bridgehead atoms. The molecule has 0 spiro atoms. The summed E-state index contributed by atoms with van der Waals surface area (Å²) in [6.07, 6.45) is 0. The maximum Gasteiger partial charge on any atom is 0.285 e. The summed E-state index contributed by atoms with van der Waals surface area (Å²) in [6, 6.07) is 15.3. The number of anilines is 1. The quantitative estimate of drug-likeness (QED) is 0.576. The second kappa shape index (κ2) is 9.25. The van der Waals surface area contributed by atoms with E-state index in [0.29, 0.717) is 5.75 Å². The average molecular weight is 418 g/mol. The standard InChI is InChI=1S/C19H19N3O2S3/c1-22(2)19(24)26-14-9-7-13(8-10-14)20-17(23)11-25-12-18-21-15-5-3-4-6-16(15)27-18/h3-10H,11-12H2,1-2H3,(H,20,23). The van der Waals surface area contributed by atoms with Crippen LogP contribution in [0.4, 0.5) is 10.5 Å². The minimum atomic E-state index is -0.0501. The fourth-order valence-electron chi connectivity index (χ4n) is 2.21. The minimum Gasteiger partial charge on any atom is -0.339 e. The molecule has 0 unspecified atom stereocenters. The predicted molar refractivity (Wildman–Crippen MR) is 116 cm³/mol. The Balaban J connectivity index is 1.45. The highest BCUT2D eigenvalue weighted by atomic mass is 32.2. The third kappa shape index (κ3) is 5.72. The van der Waals surface area contributed by atoms with Crippen molar-refractivity contribution in [3.63, 3.8) is 0 Å². The van der Waals surface area contributed by atoms with E-state index in [-0.39, 0.29) is 11.1 Å². The van der Waals surface area contributed by atoms with E-state index in [1.54, 1.807) is 49.3 Å². The van der Waals surface area contributed by atoms with Gasteiger partial charge >= 0.3 is 0 Å². The van der Waals surface area contributed by atoms with E-state index in [0.717, 1.165) is 38.6 Å². The molecular weight excluding hydrogens is 398 g/mol. The highest BCUT2D eigenvalue weighted by Gasteiger charge is 2.08. The zero-order valence-corrected chi connectivity index (χ0v) is 17.4. The molecule has 1 N–H and O–H groups in total. The number of fused-ring (bicyclic) bond motifs is 1. The molecule has 140 valence electrons. The third-order valence-corrected chi connectivity index (χ3v) is 6.72. The van der Waals surface area contributed by atoms with Gasteiger partial charge in [-0.2, -0.15) is 0 Å². The molecule has 1 aromatic heterocycles. The van der Waals surface area contributed by atoms with Gasteiger partial charge in [0.2, 0.25) is 5.91 Å². The number of carbonyl (C=O) groups is 2. The van der Waals surface area contributed by atoms with Gasteiger partial charge < -0.3 is 10.2 Å². The number of aromatic nitrogens is 1. The van der Waals surface area contributed by atoms with Gasteiger partial charge in [-0.1, -0.05) is 12.1 Å². The van der Waals surface area contributed by atoms with Gasteiger partial charge in [0.15, 0.2) is 0 Å². The van der Waals surface area contributed by atoms with Gasteiger partial charge in [-0.3, -0.25) is 9.59 Å². The summed E-state index contributed by atoms with van der Waals surface area (Å²) in [5, 5.41) is 3.88. The first-order valence-electron chi connectivity index (χ1n) is 8.22. The number of thiazole rings is 1. The summed E-state index contributed by atoms with van der Waals surface area (Å²) in [4.78, 5) is 30.7. The fourth-order valence-corrected chi connectivity index (χ4v) is 4.71. The topological polar surface area (TPSA) is 62.3 Å². The number of carbonyl (C=O) groups excluding carboxylic acids is 2. The molecule has 3 rings (SSSR count). The zero-order chi connectivity index (χ0) is 19.2. The van der Waals surface area contributed by atoms with Gasteiger partial charge in [0, 0.05) is 30.4 Å². The lowest BCUT2D eigenvalue weighted by Gasteiger charge is -2.09. The normalized spacial score (nSPS) is 10.7. The van der Waals surface area contributed by atoms with Crippen LogP contribution < -0.4 is 5.32 Å². The van der Waals surface area contributed by atoms with Gasteiger partial charge in [0.1, 0.15) is 5.01 Å². The molecule has 1 heterocycles. The lowest BCUT2D eigenvalue weighted by atomic mass is 10.3. The average Bonchev–Trinajstić information content (AvgIpc) is 3.06. The van der Waals surface area contributed by atoms with Crippen LogP contribution in [-0.2, 0) is 10.5 Å². The van der Waals surface area contributed by atoms with Crippen LogP contribution in [-0.4, -0.2) is 40.9 Å². The van der Waals surface area contributed by atoms with Crippen molar-refractivity contribution in [2.45, 2.75) is 10.6 Å². The Morgan fingerprint density at radius 1 is 1.11 bits per heavy atom. The van der Waals surface area contributed by atoms with Crippen LogP contribution >= 0.6 is 34.9 Å². The molecule has 0 atom stereocenters. The summed E-state index contributed by atoms with van der Waals surface area (Å²) < 4.78 is 1.17. The van der Waals surface area contributed by atoms with Crippen molar-refractivity contribution in [3.05, 3.63) is 53.5 Å². The van der Waals surface area contributed by atoms with Gasteiger partial charge in [-0.05, 0) is 48.2 Å². The molecule has 2 aromatic carbocycles. The van der Waals surface area contributed by atoms with Crippen LogP contribution in [0.5, 0.6) is 0 Å². The maximum atomic E-state index is 12.1. The first-order chi connectivity index (χ1) is 13.0. The summed E-state index contributed by atoms with van der Waals surface area (Å²) in [5.74, 6) is 1.03. The highest BCUT2D eigenvalue weighted by molar-refractivity contribution is 8.13. The Bertz CT molecular complexity index is 906. The molecule has 5 nitrogen and oxygen atoms in total. The summed E-state index contributed by atoms with van der Waals surface area (Å²) in [7, 11) is 3.44. The van der Waals surface area contributed by atoms with Gasteiger partial charge in [-0.15, -0.1) is 23.1 Å². The summed E-state index contributed by atoms with van der Waals surface area (Å²) in [6.45, 7) is 0. The maximum absolute atomic E-state index is 12.1. The first-order valence-corrected chi connectivity index (χ1v) is 11.0. The smallest absolute Gasteiger partial charge is 0.285 e. The van der Waals surface area contributed by atoms with E-state index in [2.05, 4.69) is 16.4 Å². The Labute approximate surface area is 170 Å². The number of benzene rings is 2. The molecule has 0 fully saturated rings. The van der Waals surface area contributed by atoms with Crippen molar-refractivity contribution in [1.29, 1.82) is 0 Å². The number of rotatable bonds is 6. The summed E-state index contributed by atoms with van der Waals surface area (Å²) in [5.41, 5.74) is 1.73. The molecule has 0 radical (unpaired) electrons. The monoisotopic (exact) mass is 417 g/mol. The molecule has 3 aromatic rings. The summed E-state index contributed by atoms with van der Waals surface area (Å²) >= 11 is 4.37. The number of hydrogen-bond donors (Lipinski definition) is 1. The molecule has 0 saturated carbocycles. The highest BCUT2D eigenvalue weighted by Crippen LogP contribution is 2.25. The van der Waals surface area contributed by atoms with Crippen molar-refractivity contribution < 1.29 is 9.59 Å². The molecule has 8 heteroatoms. The van der Waals surface area contributed by atoms with Crippen molar-refractivity contribution in [1.82, 2.24) is 9.88 Å². The van der Waals surface area contributed by atoms with E-state index in [4.69, 9.17) is 0 Å². The van der Waals surface area contributed by atoms with Gasteiger partial charge in [0.25, 0.3) is 5.24 Å². The molecular formula is C19H19N3O2S3. The molecule has 0 aliphatic rings. The Morgan fingerprint density at radius 2 is 1.85 bits per heavy atom. The van der Waals surface area contributed by atoms with Gasteiger partial charge in [0.05, 0.1) is 16.0 Å². The van der Waals surface area contributed by atoms with E-state index in [1.807, 2.05) is 30.3 Å². The number of thioether (sulfide) groups is 2. The van der Waals surface area contributed by atoms with Crippen LogP contribution in [0.1, 0.15) is 5.01 Å². The molecule has 27 heavy (non-hydrogen) atoms. The SMILES string of the molecule is CN(C)C(=O)Sc1ccc(NC(=O)CSCc2nc3ccccc3s2)cc1. The van der Waals surface area contributed by atoms with Crippen LogP contribution in [0.25, 0.3) is 10.2 Å². The molecule has 0 saturated heterocycles. The minimum absolute atomic E-state index is 0.0296. The fraction of sp³-hybridized carbons (Fsp3) is 0.211. The van der Waals surface area contributed by atoms with Gasteiger partial charge in [-0.25, -0.2) is 4.98 Å². The van der Waals surface area contributed by atoms with Crippen molar-refractivity contribution in [3.8, 4) is 0 Å². The Morgan fingerprint density at radius 3 is 2.56 bits per heavy atom. The second-order valence-electron chi connectivity index (χ2n) is 5.90. The molecule has 0 aliphatic carbocycles. The van der Waals surface area contributed by atoms with E-state index < -0.39 is 0 Å². The first kappa shape index (κ1) is 19.7. The number of amides is 2. The lowest BCUT2D eigenvalue weighted by Crippen LogP contribution is -2.16. The zero-order valence-electron chi connectivity index (χ0n) is 15.0. The van der Waals surface area contributed by atoms with Crippen molar-refractivity contribution in [2.24, 2.45) is 0 Å². The Kier molecular flexibility index (Phi) is 6.76. The van der Waals surface area contributed by atoms with E-state index in [9.17, 15) is 9.59 Å². The number of nitrogens with zero attached hydrogens (tertiary/aromatic N) is 2. The number of para-hydroxylation sites is 1. The van der Waals surface area contributed by atoms with E-state index in [1.165, 1.54) is 9.60 Å². The number of hydrogen-bond acceptors (Lipinski definition) is 6. The molecule has 0 aliphatic heterocycles. The van der Waals surface area contributed by atoms with E-state index >= 15 is 0 Å². The second-order valence-corrected chi connectivity index (χ2v) is 9.03.